The van der Waals surface area contributed by atoms with Crippen LogP contribution in [0.15, 0.2) is 41.3 Å². The smallest absolute Gasteiger partial charge is 0.308 e. The largest absolute Gasteiger partial charge is 0.493 e. The average Bonchev–Trinajstić information content (AvgIpc) is 3.57. The lowest BCUT2D eigenvalue weighted by atomic mass is 9.84. The minimum atomic E-state index is -0.934. The standard InChI is InChI=1S/C30H41N3O7/c1-4-6-12-31(13-7-5-2)27(35)19-33-18-22(21-16-24(38-3)29-25(17-21)39-20-40-29)28(30(36)37)23(33)11-15-32-14-9-8-10-26(32)34/h8-10,14,16-17,22-23,28H,4-7,11-13,15,18-20H2,1-3H3,(H,36,37)/t22-,23+,28-/m1/s1. The Morgan fingerprint density at radius 1 is 1.12 bits per heavy atom. The summed E-state index contributed by atoms with van der Waals surface area (Å²) in [4.78, 5) is 42.7. The van der Waals surface area contributed by atoms with Crippen LogP contribution in [0, 0.1) is 5.92 Å². The van der Waals surface area contributed by atoms with E-state index in [4.69, 9.17) is 14.2 Å². The predicted molar refractivity (Wildman–Crippen MR) is 150 cm³/mol. The first kappa shape index (κ1) is 29.5. The second kappa shape index (κ2) is 13.7. The molecule has 40 heavy (non-hydrogen) atoms. The van der Waals surface area contributed by atoms with Crippen molar-refractivity contribution in [2.24, 2.45) is 5.92 Å². The number of likely N-dealkylation sites (tertiary alicyclic amines) is 1. The number of hydrogen-bond acceptors (Lipinski definition) is 7. The molecular weight excluding hydrogens is 514 g/mol. The van der Waals surface area contributed by atoms with Crippen LogP contribution in [0.3, 0.4) is 0 Å². The zero-order chi connectivity index (χ0) is 28.6. The van der Waals surface area contributed by atoms with Gasteiger partial charge in [-0.15, -0.1) is 0 Å². The first-order chi connectivity index (χ1) is 19.4. The number of ether oxygens (including phenoxy) is 3. The number of benzene rings is 1. The van der Waals surface area contributed by atoms with Gasteiger partial charge in [-0.2, -0.15) is 0 Å². The second-order valence-corrected chi connectivity index (χ2v) is 10.5. The van der Waals surface area contributed by atoms with Crippen molar-refractivity contribution >= 4 is 11.9 Å². The van der Waals surface area contributed by atoms with Gasteiger partial charge < -0.3 is 28.8 Å². The molecule has 3 heterocycles. The zero-order valence-electron chi connectivity index (χ0n) is 23.7. The molecule has 10 heteroatoms. The number of aromatic nitrogens is 1. The van der Waals surface area contributed by atoms with E-state index in [2.05, 4.69) is 13.8 Å². The van der Waals surface area contributed by atoms with Crippen molar-refractivity contribution in [3.05, 3.63) is 52.4 Å². The third kappa shape index (κ3) is 6.60. The second-order valence-electron chi connectivity index (χ2n) is 10.5. The fourth-order valence-corrected chi connectivity index (χ4v) is 5.80. The average molecular weight is 556 g/mol. The summed E-state index contributed by atoms with van der Waals surface area (Å²) in [6, 6.07) is 8.15. The number of aryl methyl sites for hydroxylation is 1. The molecular formula is C30H41N3O7. The van der Waals surface area contributed by atoms with Crippen LogP contribution in [-0.2, 0) is 16.1 Å². The lowest BCUT2D eigenvalue weighted by Gasteiger charge is -2.30. The van der Waals surface area contributed by atoms with Crippen molar-refractivity contribution in [3.63, 3.8) is 0 Å². The summed E-state index contributed by atoms with van der Waals surface area (Å²) in [5.41, 5.74) is 0.622. The number of hydrogen-bond donors (Lipinski definition) is 1. The van der Waals surface area contributed by atoms with Crippen LogP contribution < -0.4 is 19.8 Å². The molecule has 1 fully saturated rings. The van der Waals surface area contributed by atoms with Crippen molar-refractivity contribution in [2.75, 3.05) is 40.1 Å². The maximum atomic E-state index is 13.6. The number of carbonyl (C=O) groups is 2. The number of carboxylic acid groups (broad SMARTS) is 1. The molecule has 0 bridgehead atoms. The molecule has 1 saturated heterocycles. The highest BCUT2D eigenvalue weighted by molar-refractivity contribution is 5.79. The van der Waals surface area contributed by atoms with Crippen LogP contribution in [0.25, 0.3) is 0 Å². The van der Waals surface area contributed by atoms with Gasteiger partial charge in [0.2, 0.25) is 24.0 Å². The van der Waals surface area contributed by atoms with Gasteiger partial charge >= 0.3 is 5.97 Å². The fourth-order valence-electron chi connectivity index (χ4n) is 5.80. The van der Waals surface area contributed by atoms with Crippen LogP contribution in [0.1, 0.15) is 57.4 Å². The van der Waals surface area contributed by atoms with E-state index >= 15 is 0 Å². The van der Waals surface area contributed by atoms with E-state index in [1.165, 1.54) is 13.2 Å². The van der Waals surface area contributed by atoms with Gasteiger partial charge in [0.1, 0.15) is 0 Å². The summed E-state index contributed by atoms with van der Waals surface area (Å²) in [7, 11) is 1.54. The van der Waals surface area contributed by atoms with Gasteiger partial charge in [0.05, 0.1) is 19.6 Å². The first-order valence-electron chi connectivity index (χ1n) is 14.3. The number of aliphatic carboxylic acids is 1. The first-order valence-corrected chi connectivity index (χ1v) is 14.3. The van der Waals surface area contributed by atoms with Gasteiger partial charge in [0, 0.05) is 50.4 Å². The van der Waals surface area contributed by atoms with Crippen LogP contribution in [-0.4, -0.2) is 77.5 Å². The number of amides is 1. The molecule has 0 radical (unpaired) electrons. The maximum Gasteiger partial charge on any atom is 0.308 e. The molecule has 1 amide bonds. The Morgan fingerprint density at radius 3 is 2.52 bits per heavy atom. The Morgan fingerprint density at radius 2 is 1.88 bits per heavy atom. The Hall–Kier alpha value is -3.53. The third-order valence-electron chi connectivity index (χ3n) is 7.96. The molecule has 218 valence electrons. The van der Waals surface area contributed by atoms with Gasteiger partial charge in [-0.25, -0.2) is 0 Å². The zero-order valence-corrected chi connectivity index (χ0v) is 23.7. The van der Waals surface area contributed by atoms with E-state index in [1.807, 2.05) is 21.9 Å². The van der Waals surface area contributed by atoms with Crippen LogP contribution in [0.4, 0.5) is 0 Å². The summed E-state index contributed by atoms with van der Waals surface area (Å²) in [6.45, 7) is 6.53. The summed E-state index contributed by atoms with van der Waals surface area (Å²) >= 11 is 0. The number of carboxylic acids is 1. The Kier molecular flexibility index (Phi) is 10.1. The fraction of sp³-hybridized carbons (Fsp3) is 0.567. The number of nitrogens with zero attached hydrogens (tertiary/aromatic N) is 3. The lowest BCUT2D eigenvalue weighted by Crippen LogP contribution is -2.45. The monoisotopic (exact) mass is 555 g/mol. The van der Waals surface area contributed by atoms with E-state index in [-0.39, 0.29) is 24.8 Å². The Balaban J connectivity index is 1.65. The number of carbonyl (C=O) groups excluding carboxylic acids is 1. The number of methoxy groups -OCH3 is 1. The van der Waals surface area contributed by atoms with Crippen molar-refractivity contribution < 1.29 is 28.9 Å². The van der Waals surface area contributed by atoms with Gasteiger partial charge in [-0.05, 0) is 43.0 Å². The van der Waals surface area contributed by atoms with Crippen molar-refractivity contribution in [1.29, 1.82) is 0 Å². The molecule has 10 nitrogen and oxygen atoms in total. The minimum absolute atomic E-state index is 0.0110. The van der Waals surface area contributed by atoms with E-state index < -0.39 is 23.8 Å². The highest BCUT2D eigenvalue weighted by atomic mass is 16.7. The number of fused-ring (bicyclic) bond motifs is 1. The van der Waals surface area contributed by atoms with Crippen molar-refractivity contribution in [2.45, 2.75) is 64.5 Å². The van der Waals surface area contributed by atoms with E-state index in [0.717, 1.165) is 31.2 Å². The molecule has 3 atom stereocenters. The summed E-state index contributed by atoms with van der Waals surface area (Å²) < 4.78 is 18.3. The topological polar surface area (TPSA) is 111 Å². The lowest BCUT2D eigenvalue weighted by molar-refractivity contribution is -0.144. The van der Waals surface area contributed by atoms with Crippen LogP contribution in [0.2, 0.25) is 0 Å². The maximum absolute atomic E-state index is 13.6. The van der Waals surface area contributed by atoms with E-state index in [1.54, 1.807) is 22.9 Å². The molecule has 1 aromatic heterocycles. The summed E-state index contributed by atoms with van der Waals surface area (Å²) in [5, 5.41) is 10.5. The Labute approximate surface area is 235 Å². The van der Waals surface area contributed by atoms with E-state index in [9.17, 15) is 19.5 Å². The molecule has 0 saturated carbocycles. The molecule has 0 aliphatic carbocycles. The quantitative estimate of drug-likeness (QED) is 0.377. The van der Waals surface area contributed by atoms with Gasteiger partial charge in [0.15, 0.2) is 11.5 Å². The molecule has 0 spiro atoms. The molecule has 1 N–H and O–H groups in total. The highest BCUT2D eigenvalue weighted by Crippen LogP contribution is 2.47. The summed E-state index contributed by atoms with van der Waals surface area (Å²) in [5.74, 6) is -0.617. The minimum Gasteiger partial charge on any atom is -0.493 e. The number of pyridine rings is 1. The van der Waals surface area contributed by atoms with Gasteiger partial charge in [0.25, 0.3) is 0 Å². The SMILES string of the molecule is CCCCN(CCCC)C(=O)CN1C[C@H](c2cc(OC)c3c(c2)OCO3)[C@@H](C(=O)O)[C@@H]1CCn1ccccc1=O. The third-order valence-corrected chi connectivity index (χ3v) is 7.96. The number of rotatable bonds is 14. The molecule has 2 aliphatic heterocycles. The van der Waals surface area contributed by atoms with Gasteiger partial charge in [-0.3, -0.25) is 19.3 Å². The summed E-state index contributed by atoms with van der Waals surface area (Å²) in [6.07, 6.45) is 5.95. The Bertz CT molecular complexity index is 1220. The normalized spacial score (nSPS) is 20.0. The van der Waals surface area contributed by atoms with Crippen LogP contribution >= 0.6 is 0 Å². The van der Waals surface area contributed by atoms with Gasteiger partial charge in [-0.1, -0.05) is 32.8 Å². The highest BCUT2D eigenvalue weighted by Gasteiger charge is 2.47. The molecule has 2 aliphatic rings. The van der Waals surface area contributed by atoms with E-state index in [0.29, 0.717) is 49.8 Å². The molecule has 4 rings (SSSR count). The number of unbranched alkanes of at least 4 members (excludes halogenated alkanes) is 2. The van der Waals surface area contributed by atoms with Crippen LogP contribution in [0.5, 0.6) is 17.2 Å². The molecule has 1 aromatic carbocycles. The van der Waals surface area contributed by atoms with Crippen molar-refractivity contribution in [3.8, 4) is 17.2 Å². The predicted octanol–water partition coefficient (Wildman–Crippen LogP) is 3.57. The molecule has 0 unspecified atom stereocenters. The molecule has 2 aromatic rings. The van der Waals surface area contributed by atoms with Crippen molar-refractivity contribution in [1.82, 2.24) is 14.4 Å².